The van der Waals surface area contributed by atoms with Crippen LogP contribution in [0.5, 0.6) is 0 Å². The summed E-state index contributed by atoms with van der Waals surface area (Å²) in [7, 11) is 0. The number of piperidine rings is 1. The summed E-state index contributed by atoms with van der Waals surface area (Å²) in [5.74, 6) is 1.06. The van der Waals surface area contributed by atoms with Gasteiger partial charge in [-0.05, 0) is 30.9 Å². The van der Waals surface area contributed by atoms with Crippen LogP contribution in [0.3, 0.4) is 0 Å². The van der Waals surface area contributed by atoms with Crippen LogP contribution in [0.25, 0.3) is 22.4 Å². The van der Waals surface area contributed by atoms with Crippen molar-refractivity contribution < 1.29 is 14.4 Å². The highest BCUT2D eigenvalue weighted by atomic mass is 16.2. The van der Waals surface area contributed by atoms with Crippen LogP contribution >= 0.6 is 0 Å². The van der Waals surface area contributed by atoms with Gasteiger partial charge in [-0.15, -0.1) is 0 Å². The van der Waals surface area contributed by atoms with Gasteiger partial charge in [0.1, 0.15) is 17.2 Å². The summed E-state index contributed by atoms with van der Waals surface area (Å²) in [6.45, 7) is 4.94. The summed E-state index contributed by atoms with van der Waals surface area (Å²) in [6, 6.07) is 21.5. The zero-order valence-electron chi connectivity index (χ0n) is 23.7. The maximum absolute atomic E-state index is 13.8. The summed E-state index contributed by atoms with van der Waals surface area (Å²) in [5, 5.41) is 6.77. The number of fused-ring (bicyclic) bond motifs is 1. The summed E-state index contributed by atoms with van der Waals surface area (Å²) in [6.07, 6.45) is 2.19. The number of anilines is 1. The van der Waals surface area contributed by atoms with E-state index in [1.54, 1.807) is 6.07 Å². The van der Waals surface area contributed by atoms with Crippen LogP contribution < -0.4 is 10.6 Å². The highest BCUT2D eigenvalue weighted by Gasteiger charge is 2.46. The van der Waals surface area contributed by atoms with E-state index < -0.39 is 5.41 Å². The number of rotatable bonds is 8. The SMILES string of the molecule is CC(=O)NCCNc1nc(-c2ccccc2)nc2[nH]c(C(=O)N3CCC(C(=O)N4CCC4)(c4ccccc4)CC3)cc12. The monoisotopic (exact) mass is 565 g/mol. The van der Waals surface area contributed by atoms with Gasteiger partial charge in [0.25, 0.3) is 5.91 Å². The Morgan fingerprint density at radius 1 is 0.881 bits per heavy atom. The highest BCUT2D eigenvalue weighted by Crippen LogP contribution is 2.39. The molecule has 2 fully saturated rings. The van der Waals surface area contributed by atoms with Crippen molar-refractivity contribution in [2.24, 2.45) is 0 Å². The van der Waals surface area contributed by atoms with Crippen LogP contribution in [0.2, 0.25) is 0 Å². The van der Waals surface area contributed by atoms with Crippen LogP contribution in [-0.4, -0.2) is 81.7 Å². The van der Waals surface area contributed by atoms with E-state index in [1.165, 1.54) is 6.92 Å². The molecule has 42 heavy (non-hydrogen) atoms. The Kier molecular flexibility index (Phi) is 7.60. The lowest BCUT2D eigenvalue weighted by molar-refractivity contribution is -0.143. The number of nitrogens with zero attached hydrogens (tertiary/aromatic N) is 4. The van der Waals surface area contributed by atoms with Crippen LogP contribution in [0, 0.1) is 0 Å². The van der Waals surface area contributed by atoms with Gasteiger partial charge in [-0.25, -0.2) is 9.97 Å². The number of amides is 3. The maximum Gasteiger partial charge on any atom is 0.270 e. The van der Waals surface area contributed by atoms with Crippen LogP contribution in [0.15, 0.2) is 66.7 Å². The van der Waals surface area contributed by atoms with E-state index in [2.05, 4.69) is 15.6 Å². The lowest BCUT2D eigenvalue weighted by Gasteiger charge is -2.45. The van der Waals surface area contributed by atoms with Gasteiger partial charge in [0.05, 0.1) is 10.8 Å². The number of likely N-dealkylation sites (tertiary alicyclic amines) is 2. The molecule has 2 aromatic carbocycles. The summed E-state index contributed by atoms with van der Waals surface area (Å²) < 4.78 is 0. The first kappa shape index (κ1) is 27.4. The molecule has 0 saturated carbocycles. The van der Waals surface area contributed by atoms with Crippen LogP contribution in [0.1, 0.15) is 42.2 Å². The zero-order valence-corrected chi connectivity index (χ0v) is 23.7. The normalized spacial score (nSPS) is 16.1. The van der Waals surface area contributed by atoms with Crippen molar-refractivity contribution in [1.29, 1.82) is 0 Å². The average Bonchev–Trinajstić information content (AvgIpc) is 3.43. The molecule has 2 saturated heterocycles. The van der Waals surface area contributed by atoms with Gasteiger partial charge >= 0.3 is 0 Å². The first-order valence-electron chi connectivity index (χ1n) is 14.5. The van der Waals surface area contributed by atoms with Crippen molar-refractivity contribution in [2.75, 3.05) is 44.6 Å². The number of aromatic amines is 1. The number of hydrogen-bond donors (Lipinski definition) is 3. The fourth-order valence-electron chi connectivity index (χ4n) is 5.86. The minimum atomic E-state index is -0.611. The second kappa shape index (κ2) is 11.6. The molecule has 4 heterocycles. The van der Waals surface area contributed by atoms with E-state index in [0.29, 0.717) is 67.4 Å². The second-order valence-electron chi connectivity index (χ2n) is 11.0. The molecule has 10 nitrogen and oxygen atoms in total. The van der Waals surface area contributed by atoms with Crippen molar-refractivity contribution in [2.45, 2.75) is 31.6 Å². The van der Waals surface area contributed by atoms with Crippen molar-refractivity contribution in [3.63, 3.8) is 0 Å². The fourth-order valence-corrected chi connectivity index (χ4v) is 5.86. The lowest BCUT2D eigenvalue weighted by atomic mass is 9.71. The van der Waals surface area contributed by atoms with Crippen LogP contribution in [0.4, 0.5) is 5.82 Å². The first-order valence-corrected chi connectivity index (χ1v) is 14.5. The third-order valence-electron chi connectivity index (χ3n) is 8.32. The molecule has 0 radical (unpaired) electrons. The summed E-state index contributed by atoms with van der Waals surface area (Å²) in [4.78, 5) is 55.3. The molecule has 6 rings (SSSR count). The molecule has 10 heteroatoms. The number of nitrogens with one attached hydrogen (secondary N) is 3. The van der Waals surface area contributed by atoms with Gasteiger partial charge in [0.15, 0.2) is 5.82 Å². The van der Waals surface area contributed by atoms with Gasteiger partial charge in [0.2, 0.25) is 11.8 Å². The van der Waals surface area contributed by atoms with E-state index >= 15 is 0 Å². The predicted octanol–water partition coefficient (Wildman–Crippen LogP) is 3.58. The molecule has 2 aromatic heterocycles. The number of aromatic nitrogens is 3. The zero-order chi connectivity index (χ0) is 29.1. The minimum Gasteiger partial charge on any atom is -0.368 e. The topological polar surface area (TPSA) is 123 Å². The lowest BCUT2D eigenvalue weighted by Crippen LogP contribution is -2.56. The molecule has 0 unspecified atom stereocenters. The molecule has 2 aliphatic heterocycles. The van der Waals surface area contributed by atoms with E-state index in [0.717, 1.165) is 30.6 Å². The number of benzene rings is 2. The molecule has 4 aromatic rings. The van der Waals surface area contributed by atoms with Crippen molar-refractivity contribution >= 4 is 34.6 Å². The average molecular weight is 566 g/mol. The Morgan fingerprint density at radius 2 is 1.57 bits per heavy atom. The molecule has 0 spiro atoms. The molecule has 2 aliphatic rings. The Bertz CT molecular complexity index is 1590. The number of carbonyl (C=O) groups is 3. The fraction of sp³-hybridized carbons (Fsp3) is 0.344. The molecule has 0 bridgehead atoms. The van der Waals surface area contributed by atoms with E-state index in [1.807, 2.05) is 70.5 Å². The number of H-pyrrole nitrogens is 1. The molecule has 3 N–H and O–H groups in total. The minimum absolute atomic E-state index is 0.103. The van der Waals surface area contributed by atoms with Crippen molar-refractivity contribution in [3.05, 3.63) is 78.0 Å². The van der Waals surface area contributed by atoms with Gasteiger partial charge in [-0.3, -0.25) is 14.4 Å². The molecule has 216 valence electrons. The van der Waals surface area contributed by atoms with Crippen LogP contribution in [-0.2, 0) is 15.0 Å². The highest BCUT2D eigenvalue weighted by molar-refractivity contribution is 6.00. The first-order chi connectivity index (χ1) is 20.4. The quantitative estimate of drug-likeness (QED) is 0.281. The molecule has 0 aliphatic carbocycles. The molecular weight excluding hydrogens is 530 g/mol. The van der Waals surface area contributed by atoms with Crippen molar-refractivity contribution in [1.82, 2.24) is 30.1 Å². The van der Waals surface area contributed by atoms with Gasteiger partial charge < -0.3 is 25.4 Å². The third-order valence-corrected chi connectivity index (χ3v) is 8.32. The molecule has 0 atom stereocenters. The van der Waals surface area contributed by atoms with Gasteiger partial charge in [0, 0.05) is 51.8 Å². The second-order valence-corrected chi connectivity index (χ2v) is 11.0. The van der Waals surface area contributed by atoms with Crippen molar-refractivity contribution in [3.8, 4) is 11.4 Å². The molecular formula is C32H35N7O3. The Balaban J connectivity index is 1.25. The summed E-state index contributed by atoms with van der Waals surface area (Å²) >= 11 is 0. The third kappa shape index (κ3) is 5.32. The van der Waals surface area contributed by atoms with E-state index in [4.69, 9.17) is 9.97 Å². The number of hydrogen-bond acceptors (Lipinski definition) is 6. The van der Waals surface area contributed by atoms with E-state index in [-0.39, 0.29) is 17.7 Å². The summed E-state index contributed by atoms with van der Waals surface area (Å²) in [5.41, 5.74) is 2.25. The largest absolute Gasteiger partial charge is 0.368 e. The Morgan fingerprint density at radius 3 is 2.21 bits per heavy atom. The smallest absolute Gasteiger partial charge is 0.270 e. The predicted molar refractivity (Wildman–Crippen MR) is 161 cm³/mol. The van der Waals surface area contributed by atoms with Gasteiger partial charge in [-0.1, -0.05) is 60.7 Å². The van der Waals surface area contributed by atoms with Gasteiger partial charge in [-0.2, -0.15) is 0 Å². The van der Waals surface area contributed by atoms with E-state index in [9.17, 15) is 14.4 Å². The maximum atomic E-state index is 13.8. The standard InChI is InChI=1S/C32H35N7O3/c1-22(40)33-15-16-34-28-25-21-26(35-29(25)37-27(36-28)23-9-4-2-5-10-23)30(41)38-19-13-32(14-20-38,24-11-6-3-7-12-24)31(42)39-17-8-18-39/h2-7,9-12,21H,8,13-20H2,1H3,(H,33,40)(H2,34,35,36,37). The Hall–Kier alpha value is -4.73. The Labute approximate surface area is 244 Å². The number of carbonyl (C=O) groups excluding carboxylic acids is 3. The molecule has 3 amide bonds.